The van der Waals surface area contributed by atoms with E-state index < -0.39 is 73.8 Å². The molecule has 16 nitrogen and oxygen atoms in total. The fourth-order valence-electron chi connectivity index (χ4n) is 8.69. The van der Waals surface area contributed by atoms with Gasteiger partial charge in [0.1, 0.15) is 45.6 Å². The van der Waals surface area contributed by atoms with E-state index in [0.29, 0.717) is 43.6 Å². The maximum Gasteiger partial charge on any atom is 0.408 e. The number of nitrogens with zero attached hydrogens (tertiary/aromatic N) is 4. The third kappa shape index (κ3) is 9.60. The van der Waals surface area contributed by atoms with Crippen LogP contribution in [0.4, 0.5) is 4.79 Å². The van der Waals surface area contributed by atoms with Gasteiger partial charge in [-0.3, -0.25) is 23.7 Å². The number of nitrogens with one attached hydrogen (secondary N) is 3. The van der Waals surface area contributed by atoms with E-state index in [-0.39, 0.29) is 25.4 Å². The van der Waals surface area contributed by atoms with Crippen molar-refractivity contribution in [1.29, 1.82) is 0 Å². The van der Waals surface area contributed by atoms with E-state index in [2.05, 4.69) is 15.4 Å². The number of methoxy groups -OCH3 is 1. The van der Waals surface area contributed by atoms with E-state index in [1.54, 1.807) is 34.8 Å². The number of aromatic nitrogens is 3. The third-order valence-electron chi connectivity index (χ3n) is 12.8. The lowest BCUT2D eigenvalue weighted by Gasteiger charge is -2.30. The fourth-order valence-corrected chi connectivity index (χ4v) is 10.9. The van der Waals surface area contributed by atoms with Gasteiger partial charge in [0.2, 0.25) is 21.8 Å². The Balaban J connectivity index is 1.12. The van der Waals surface area contributed by atoms with Crippen LogP contribution in [-0.4, -0.2) is 99.4 Å². The lowest BCUT2D eigenvalue weighted by molar-refractivity contribution is -0.141. The molecular formula is C47H59N7O9S2. The minimum absolute atomic E-state index is 0.0250. The Bertz CT molecular complexity index is 2610. The molecule has 2 aliphatic carbocycles. The summed E-state index contributed by atoms with van der Waals surface area (Å²) in [5, 5.41) is 8.48. The molecule has 0 spiro atoms. The molecular weight excluding hydrogens is 871 g/mol. The van der Waals surface area contributed by atoms with E-state index >= 15 is 0 Å². The highest BCUT2D eigenvalue weighted by molar-refractivity contribution is 7.91. The summed E-state index contributed by atoms with van der Waals surface area (Å²) in [5.41, 5.74) is 1.69. The topological polar surface area (TPSA) is 200 Å². The molecule has 4 aliphatic rings. The zero-order chi connectivity index (χ0) is 46.5. The van der Waals surface area contributed by atoms with Crippen molar-refractivity contribution in [3.05, 3.63) is 60.0 Å². The van der Waals surface area contributed by atoms with Crippen molar-refractivity contribution in [3.8, 4) is 33.6 Å². The predicted molar refractivity (Wildman–Crippen MR) is 247 cm³/mol. The van der Waals surface area contributed by atoms with Crippen molar-refractivity contribution >= 4 is 56.2 Å². The van der Waals surface area contributed by atoms with Crippen molar-refractivity contribution in [1.82, 2.24) is 34.8 Å². The quantitative estimate of drug-likeness (QED) is 0.138. The SMILES string of the molecule is COc1ccc(-c2csc(-c3cccc4c3nc(O[C@@H]3C[C@H]5C(=O)N[C@]6(C(=O)NS(=O)(=O)C7(C)CC7)C[C@H]6/C=C\CCCCC[C@H](NC(=O)OC(C)(C)C)C(=O)N5C3)n4C(C)C)n2)cc1. The zero-order valence-electron chi connectivity index (χ0n) is 38.0. The highest BCUT2D eigenvalue weighted by Gasteiger charge is 2.63. The molecule has 348 valence electrons. The minimum Gasteiger partial charge on any atom is -0.497 e. The van der Waals surface area contributed by atoms with Crippen LogP contribution in [0, 0.1) is 5.92 Å². The van der Waals surface area contributed by atoms with Crippen molar-refractivity contribution in [2.75, 3.05) is 13.7 Å². The molecule has 1 saturated heterocycles. The molecule has 5 atom stereocenters. The Hall–Kier alpha value is -5.49. The molecule has 65 heavy (non-hydrogen) atoms. The number of para-hydroxylation sites is 1. The first kappa shape index (κ1) is 46.1. The summed E-state index contributed by atoms with van der Waals surface area (Å²) < 4.78 is 47.4. The number of allylic oxidation sites excluding steroid dienone is 1. The molecule has 0 bridgehead atoms. The van der Waals surface area contributed by atoms with Gasteiger partial charge in [0.15, 0.2) is 0 Å². The minimum atomic E-state index is -4.02. The highest BCUT2D eigenvalue weighted by Crippen LogP contribution is 2.48. The summed E-state index contributed by atoms with van der Waals surface area (Å²) in [4.78, 5) is 68.2. The Labute approximate surface area is 383 Å². The summed E-state index contributed by atoms with van der Waals surface area (Å²) in [5.74, 6) is -1.64. The Morgan fingerprint density at radius 1 is 1.03 bits per heavy atom. The van der Waals surface area contributed by atoms with Crippen LogP contribution in [0.25, 0.3) is 32.9 Å². The van der Waals surface area contributed by atoms with Gasteiger partial charge in [-0.15, -0.1) is 11.3 Å². The van der Waals surface area contributed by atoms with Gasteiger partial charge in [-0.25, -0.2) is 18.2 Å². The number of hydrogen-bond acceptors (Lipinski definition) is 12. The second kappa shape index (κ2) is 17.7. The van der Waals surface area contributed by atoms with Gasteiger partial charge in [0.25, 0.3) is 11.9 Å². The predicted octanol–water partition coefficient (Wildman–Crippen LogP) is 7.05. The summed E-state index contributed by atoms with van der Waals surface area (Å²) in [6.07, 6.45) is 6.52. The molecule has 4 heterocycles. The number of alkyl carbamates (subject to hydrolysis) is 1. The number of fused-ring (bicyclic) bond motifs is 3. The van der Waals surface area contributed by atoms with Gasteiger partial charge in [-0.2, -0.15) is 4.98 Å². The molecule has 3 fully saturated rings. The molecule has 8 rings (SSSR count). The van der Waals surface area contributed by atoms with E-state index in [0.717, 1.165) is 45.9 Å². The smallest absolute Gasteiger partial charge is 0.408 e. The van der Waals surface area contributed by atoms with E-state index in [1.165, 1.54) is 16.2 Å². The van der Waals surface area contributed by atoms with Crippen LogP contribution < -0.4 is 24.8 Å². The molecule has 2 aliphatic heterocycles. The van der Waals surface area contributed by atoms with Crippen LogP contribution in [0.5, 0.6) is 11.8 Å². The number of ether oxygens (including phenoxy) is 3. The normalized spacial score (nSPS) is 25.1. The van der Waals surface area contributed by atoms with Gasteiger partial charge in [0, 0.05) is 34.9 Å². The number of thiazole rings is 1. The third-order valence-corrected chi connectivity index (χ3v) is 15.8. The van der Waals surface area contributed by atoms with Gasteiger partial charge in [-0.05, 0) is 116 Å². The van der Waals surface area contributed by atoms with Gasteiger partial charge in [0.05, 0.1) is 29.6 Å². The first-order chi connectivity index (χ1) is 30.8. The Morgan fingerprint density at radius 2 is 1.78 bits per heavy atom. The molecule has 0 radical (unpaired) electrons. The van der Waals surface area contributed by atoms with Crippen molar-refractivity contribution < 1.29 is 41.8 Å². The fraction of sp³-hybridized carbons (Fsp3) is 0.532. The van der Waals surface area contributed by atoms with Crippen LogP contribution >= 0.6 is 11.3 Å². The number of carbonyl (C=O) groups is 4. The Kier molecular flexibility index (Phi) is 12.6. The molecule has 4 aromatic rings. The summed E-state index contributed by atoms with van der Waals surface area (Å²) in [7, 11) is -2.39. The average molecular weight is 930 g/mol. The number of rotatable bonds is 10. The van der Waals surface area contributed by atoms with Crippen LogP contribution in [0.2, 0.25) is 0 Å². The van der Waals surface area contributed by atoms with E-state index in [9.17, 15) is 27.6 Å². The molecule has 2 aromatic carbocycles. The highest BCUT2D eigenvalue weighted by atomic mass is 32.2. The zero-order valence-corrected chi connectivity index (χ0v) is 39.6. The standard InChI is InChI=1S/C47H59N7O9S2/c1-28(2)54-36-17-13-15-33(40-48-35(27-64-40)29-18-20-31(61-7)21-19-29)38(36)50-43(54)62-32-24-37-39(55)51-47(42(57)52-65(59,60)46(6)22-23-46)25-30(47)14-11-9-8-10-12-16-34(41(56)53(37)26-32)49-44(58)63-45(3,4)5/h11,13-15,17-21,27-28,30,32,34,37H,8-10,12,16,22-26H2,1-7H3,(H,49,58)(H,51,55)(H,52,57)/b14-11-/t30-,32-,34+,37+,47-/m1/s1. The molecule has 4 amide bonds. The molecule has 2 saturated carbocycles. The summed E-state index contributed by atoms with van der Waals surface area (Å²) in [6, 6.07) is 11.6. The molecule has 3 N–H and O–H groups in total. The monoisotopic (exact) mass is 929 g/mol. The average Bonchev–Trinajstić information content (AvgIpc) is 3.92. The van der Waals surface area contributed by atoms with Crippen LogP contribution in [-0.2, 0) is 29.1 Å². The lowest BCUT2D eigenvalue weighted by Crippen LogP contribution is -2.58. The van der Waals surface area contributed by atoms with Gasteiger partial charge >= 0.3 is 6.09 Å². The van der Waals surface area contributed by atoms with Crippen LogP contribution in [0.15, 0.2) is 60.0 Å². The van der Waals surface area contributed by atoms with Crippen LogP contribution in [0.3, 0.4) is 0 Å². The van der Waals surface area contributed by atoms with Crippen LogP contribution in [0.1, 0.15) is 105 Å². The number of imidazole rings is 1. The first-order valence-electron chi connectivity index (χ1n) is 22.4. The van der Waals surface area contributed by atoms with Crippen molar-refractivity contribution in [2.45, 2.75) is 139 Å². The second-order valence-corrected chi connectivity index (χ2v) is 22.3. The van der Waals surface area contributed by atoms with Gasteiger partial charge in [-0.1, -0.05) is 31.1 Å². The number of sulfonamides is 1. The second-order valence-electron chi connectivity index (χ2n) is 19.2. The summed E-state index contributed by atoms with van der Waals surface area (Å²) in [6.45, 7) is 10.8. The molecule has 18 heteroatoms. The maximum atomic E-state index is 14.8. The van der Waals surface area contributed by atoms with Gasteiger partial charge < -0.3 is 29.7 Å². The maximum absolute atomic E-state index is 14.8. The lowest BCUT2D eigenvalue weighted by atomic mass is 10.0. The van der Waals surface area contributed by atoms with E-state index in [4.69, 9.17) is 24.2 Å². The number of hydrogen-bond donors (Lipinski definition) is 3. The van der Waals surface area contributed by atoms with E-state index in [1.807, 2.05) is 78.4 Å². The van der Waals surface area contributed by atoms with Crippen molar-refractivity contribution in [2.24, 2.45) is 5.92 Å². The Morgan fingerprint density at radius 3 is 2.48 bits per heavy atom. The first-order valence-corrected chi connectivity index (χ1v) is 24.8. The number of benzene rings is 2. The molecule has 0 unspecified atom stereocenters. The summed E-state index contributed by atoms with van der Waals surface area (Å²) >= 11 is 1.50. The largest absolute Gasteiger partial charge is 0.497 e. The van der Waals surface area contributed by atoms with Crippen molar-refractivity contribution in [3.63, 3.8) is 0 Å². The number of carbonyl (C=O) groups excluding carboxylic acids is 4. The number of amides is 4. The molecule has 2 aromatic heterocycles.